The topological polar surface area (TPSA) is 17.1 Å². The minimum absolute atomic E-state index is 0.200. The smallest absolute Gasteiger partial charge is 0.169 e. The molecule has 0 N–H and O–H groups in total. The number of fused-ring (bicyclic) bond motifs is 1. The van der Waals surface area contributed by atoms with Crippen molar-refractivity contribution in [1.29, 1.82) is 0 Å². The predicted molar refractivity (Wildman–Crippen MR) is 61.0 cm³/mol. The van der Waals surface area contributed by atoms with Crippen LogP contribution >= 0.6 is 15.9 Å². The van der Waals surface area contributed by atoms with Gasteiger partial charge >= 0.3 is 0 Å². The Morgan fingerprint density at radius 1 is 1.43 bits per heavy atom. The second kappa shape index (κ2) is 3.50. The molecule has 0 saturated heterocycles. The summed E-state index contributed by atoms with van der Waals surface area (Å²) in [6.45, 7) is 2.04. The Morgan fingerprint density at radius 3 is 2.86 bits per heavy atom. The first kappa shape index (κ1) is 9.91. The summed E-state index contributed by atoms with van der Waals surface area (Å²) in [4.78, 5) is 12.1. The van der Waals surface area contributed by atoms with Crippen LogP contribution in [0.15, 0.2) is 24.3 Å². The molecule has 1 atom stereocenters. The Hall–Kier alpha value is -0.630. The molecule has 2 rings (SSSR count). The normalized spacial score (nSPS) is 26.0. The highest BCUT2D eigenvalue weighted by molar-refractivity contribution is 9.09. The maximum absolute atomic E-state index is 12.1. The van der Waals surface area contributed by atoms with Gasteiger partial charge in [0.1, 0.15) is 0 Å². The molecule has 0 saturated carbocycles. The van der Waals surface area contributed by atoms with Gasteiger partial charge in [-0.25, -0.2) is 0 Å². The fourth-order valence-corrected chi connectivity index (χ4v) is 2.47. The molecular weight excluding hydrogens is 240 g/mol. The van der Waals surface area contributed by atoms with Crippen LogP contribution in [0.3, 0.4) is 0 Å². The molecule has 1 unspecified atom stereocenters. The molecule has 0 bridgehead atoms. The molecule has 1 aliphatic rings. The lowest BCUT2D eigenvalue weighted by molar-refractivity contribution is 0.0819. The molecule has 14 heavy (non-hydrogen) atoms. The molecule has 1 aliphatic carbocycles. The van der Waals surface area contributed by atoms with Crippen LogP contribution in [0, 0.1) is 5.41 Å². The second-order valence-corrected chi connectivity index (χ2v) is 4.74. The fourth-order valence-electron chi connectivity index (χ4n) is 1.94. The van der Waals surface area contributed by atoms with Crippen LogP contribution in [0.5, 0.6) is 0 Å². The van der Waals surface area contributed by atoms with Gasteiger partial charge in [0.05, 0.1) is 0 Å². The van der Waals surface area contributed by atoms with Crippen molar-refractivity contribution in [2.45, 2.75) is 19.8 Å². The van der Waals surface area contributed by atoms with Gasteiger partial charge in [-0.05, 0) is 18.4 Å². The molecule has 0 aliphatic heterocycles. The fraction of sp³-hybridized carbons (Fsp3) is 0.417. The SMILES string of the molecule is CC1(CBr)CCc2ccccc2C1=O. The zero-order chi connectivity index (χ0) is 10.2. The highest BCUT2D eigenvalue weighted by Crippen LogP contribution is 2.36. The highest BCUT2D eigenvalue weighted by Gasteiger charge is 2.36. The summed E-state index contributed by atoms with van der Waals surface area (Å²) in [5, 5.41) is 0.757. The van der Waals surface area contributed by atoms with Crippen molar-refractivity contribution in [3.63, 3.8) is 0 Å². The van der Waals surface area contributed by atoms with Crippen LogP contribution in [0.4, 0.5) is 0 Å². The monoisotopic (exact) mass is 252 g/mol. The zero-order valence-corrected chi connectivity index (χ0v) is 9.80. The number of hydrogen-bond acceptors (Lipinski definition) is 1. The summed E-state index contributed by atoms with van der Waals surface area (Å²) in [7, 11) is 0. The number of aryl methyl sites for hydroxylation is 1. The summed E-state index contributed by atoms with van der Waals surface area (Å²) >= 11 is 3.44. The number of benzene rings is 1. The molecule has 0 radical (unpaired) electrons. The largest absolute Gasteiger partial charge is 0.294 e. The van der Waals surface area contributed by atoms with E-state index < -0.39 is 0 Å². The quantitative estimate of drug-likeness (QED) is 0.702. The van der Waals surface area contributed by atoms with Crippen molar-refractivity contribution in [3.05, 3.63) is 35.4 Å². The van der Waals surface area contributed by atoms with Gasteiger partial charge in [0.25, 0.3) is 0 Å². The lowest BCUT2D eigenvalue weighted by Gasteiger charge is -2.31. The Morgan fingerprint density at radius 2 is 2.14 bits per heavy atom. The van der Waals surface area contributed by atoms with Crippen LogP contribution < -0.4 is 0 Å². The van der Waals surface area contributed by atoms with Crippen molar-refractivity contribution < 1.29 is 4.79 Å². The maximum atomic E-state index is 12.1. The van der Waals surface area contributed by atoms with E-state index >= 15 is 0 Å². The Bertz CT molecular complexity index is 372. The zero-order valence-electron chi connectivity index (χ0n) is 8.22. The van der Waals surface area contributed by atoms with Crippen molar-refractivity contribution in [1.82, 2.24) is 0 Å². The van der Waals surface area contributed by atoms with Gasteiger partial charge in [0.2, 0.25) is 0 Å². The third-order valence-electron chi connectivity index (χ3n) is 3.05. The third kappa shape index (κ3) is 1.42. The average Bonchev–Trinajstić information content (AvgIpc) is 2.24. The van der Waals surface area contributed by atoms with Crippen LogP contribution in [-0.4, -0.2) is 11.1 Å². The van der Waals surface area contributed by atoms with Crippen LogP contribution in [0.1, 0.15) is 29.3 Å². The van der Waals surface area contributed by atoms with E-state index in [1.54, 1.807) is 0 Å². The lowest BCUT2D eigenvalue weighted by Crippen LogP contribution is -2.34. The van der Waals surface area contributed by atoms with Gasteiger partial charge in [0.15, 0.2) is 5.78 Å². The number of halogens is 1. The van der Waals surface area contributed by atoms with Crippen molar-refractivity contribution >= 4 is 21.7 Å². The van der Waals surface area contributed by atoms with E-state index in [-0.39, 0.29) is 11.2 Å². The molecule has 74 valence electrons. The van der Waals surface area contributed by atoms with Gasteiger partial charge < -0.3 is 0 Å². The first-order valence-electron chi connectivity index (χ1n) is 4.86. The number of Topliss-reactive ketones (excluding diaryl/α,β-unsaturated/α-hetero) is 1. The standard InChI is InChI=1S/C12H13BrO/c1-12(8-13)7-6-9-4-2-3-5-10(9)11(12)14/h2-5H,6-8H2,1H3. The second-order valence-electron chi connectivity index (χ2n) is 4.18. The van der Waals surface area contributed by atoms with E-state index in [1.165, 1.54) is 5.56 Å². The molecule has 0 aromatic heterocycles. The molecule has 1 aromatic rings. The summed E-state index contributed by atoms with van der Waals surface area (Å²) in [6, 6.07) is 7.94. The van der Waals surface area contributed by atoms with E-state index in [0.29, 0.717) is 0 Å². The minimum Gasteiger partial charge on any atom is -0.294 e. The van der Waals surface area contributed by atoms with Gasteiger partial charge in [0, 0.05) is 16.3 Å². The molecule has 1 nitrogen and oxygen atoms in total. The highest BCUT2D eigenvalue weighted by atomic mass is 79.9. The van der Waals surface area contributed by atoms with Crippen molar-refractivity contribution in [3.8, 4) is 0 Å². The molecule has 1 aromatic carbocycles. The summed E-state index contributed by atoms with van der Waals surface area (Å²) in [6.07, 6.45) is 1.97. The van der Waals surface area contributed by atoms with E-state index in [9.17, 15) is 4.79 Å². The van der Waals surface area contributed by atoms with Crippen LogP contribution in [-0.2, 0) is 6.42 Å². The summed E-state index contributed by atoms with van der Waals surface area (Å²) < 4.78 is 0. The number of hydrogen-bond donors (Lipinski definition) is 0. The average molecular weight is 253 g/mol. The third-order valence-corrected chi connectivity index (χ3v) is 4.29. The lowest BCUT2D eigenvalue weighted by atomic mass is 9.73. The molecule has 2 heteroatoms. The van der Waals surface area contributed by atoms with Crippen molar-refractivity contribution in [2.24, 2.45) is 5.41 Å². The van der Waals surface area contributed by atoms with E-state index in [1.807, 2.05) is 25.1 Å². The number of ketones is 1. The molecular formula is C12H13BrO. The van der Waals surface area contributed by atoms with E-state index in [2.05, 4.69) is 22.0 Å². The van der Waals surface area contributed by atoms with Gasteiger partial charge in [-0.1, -0.05) is 47.1 Å². The maximum Gasteiger partial charge on any atom is 0.169 e. The Labute approximate surface area is 92.6 Å². The van der Waals surface area contributed by atoms with E-state index in [4.69, 9.17) is 0 Å². The Kier molecular flexibility index (Phi) is 2.48. The summed E-state index contributed by atoms with van der Waals surface area (Å²) in [5.41, 5.74) is 1.92. The van der Waals surface area contributed by atoms with Crippen LogP contribution in [0.2, 0.25) is 0 Å². The first-order chi connectivity index (χ1) is 6.67. The molecule has 0 spiro atoms. The first-order valence-corrected chi connectivity index (χ1v) is 5.98. The van der Waals surface area contributed by atoms with Gasteiger partial charge in [-0.15, -0.1) is 0 Å². The minimum atomic E-state index is -0.200. The Balaban J connectivity index is 2.46. The number of carbonyl (C=O) groups excluding carboxylic acids is 1. The van der Waals surface area contributed by atoms with Crippen LogP contribution in [0.25, 0.3) is 0 Å². The molecule has 0 fully saturated rings. The number of alkyl halides is 1. The van der Waals surface area contributed by atoms with Gasteiger partial charge in [-0.3, -0.25) is 4.79 Å². The van der Waals surface area contributed by atoms with Crippen molar-refractivity contribution in [2.75, 3.05) is 5.33 Å². The summed E-state index contributed by atoms with van der Waals surface area (Å²) in [5.74, 6) is 0.288. The van der Waals surface area contributed by atoms with E-state index in [0.717, 1.165) is 23.7 Å². The number of carbonyl (C=O) groups is 1. The van der Waals surface area contributed by atoms with Gasteiger partial charge in [-0.2, -0.15) is 0 Å². The molecule has 0 heterocycles. The number of rotatable bonds is 1. The molecule has 0 amide bonds. The predicted octanol–water partition coefficient (Wildman–Crippen LogP) is 3.22.